The van der Waals surface area contributed by atoms with Crippen LogP contribution < -0.4 is 5.63 Å². The number of benzene rings is 2. The molecule has 0 saturated carbocycles. The van der Waals surface area contributed by atoms with Crippen LogP contribution in [0.5, 0.6) is 5.75 Å². The van der Waals surface area contributed by atoms with Crippen molar-refractivity contribution < 1.29 is 9.52 Å². The second kappa shape index (κ2) is 5.42. The number of aromatic nitrogens is 1. The van der Waals surface area contributed by atoms with Gasteiger partial charge in [-0.25, -0.2) is 9.78 Å². The fourth-order valence-electron chi connectivity index (χ4n) is 1.94. The lowest BCUT2D eigenvalue weighted by Crippen LogP contribution is -2.03. The number of halogens is 1. The summed E-state index contributed by atoms with van der Waals surface area (Å²) in [7, 11) is 0. The Morgan fingerprint density at radius 2 is 2.00 bits per heavy atom. The van der Waals surface area contributed by atoms with Crippen molar-refractivity contribution in [3.05, 3.63) is 70.4 Å². The van der Waals surface area contributed by atoms with Gasteiger partial charge in [0.15, 0.2) is 0 Å². The molecule has 4 nitrogen and oxygen atoms in total. The number of hydrogen-bond acceptors (Lipinski definition) is 4. The van der Waals surface area contributed by atoms with E-state index in [1.807, 2.05) is 0 Å². The Bertz CT molecular complexity index is 899. The van der Waals surface area contributed by atoms with E-state index >= 15 is 0 Å². The Morgan fingerprint density at radius 3 is 2.81 bits per heavy atom. The van der Waals surface area contributed by atoms with Gasteiger partial charge < -0.3 is 9.52 Å². The highest BCUT2D eigenvalue weighted by Gasteiger charge is 2.09. The minimum Gasteiger partial charge on any atom is -0.508 e. The van der Waals surface area contributed by atoms with Crippen molar-refractivity contribution in [1.29, 1.82) is 0 Å². The molecule has 0 amide bonds. The smallest absolute Gasteiger partial charge is 0.347 e. The quantitative estimate of drug-likeness (QED) is 0.785. The predicted molar refractivity (Wildman–Crippen MR) is 82.1 cm³/mol. The summed E-state index contributed by atoms with van der Waals surface area (Å²) in [5, 5.41) is 10.0. The first-order chi connectivity index (χ1) is 10.1. The Kier molecular flexibility index (Phi) is 3.46. The SMILES string of the molecule is O=c1oc(/C(Cl)=C/c2cccc(O)c2)nc2ccccc12. The van der Waals surface area contributed by atoms with Crippen LogP contribution in [0, 0.1) is 0 Å². The number of aromatic hydroxyl groups is 1. The molecule has 0 aliphatic heterocycles. The molecule has 0 unspecified atom stereocenters. The van der Waals surface area contributed by atoms with Crippen molar-refractivity contribution in [2.45, 2.75) is 0 Å². The van der Waals surface area contributed by atoms with Crippen LogP contribution in [-0.2, 0) is 0 Å². The minimum absolute atomic E-state index is 0.0451. The van der Waals surface area contributed by atoms with E-state index in [4.69, 9.17) is 16.0 Å². The van der Waals surface area contributed by atoms with E-state index in [2.05, 4.69) is 4.98 Å². The van der Waals surface area contributed by atoms with Crippen molar-refractivity contribution in [3.8, 4) is 5.75 Å². The average molecular weight is 300 g/mol. The lowest BCUT2D eigenvalue weighted by Gasteiger charge is -2.01. The molecule has 0 atom stereocenters. The van der Waals surface area contributed by atoms with Gasteiger partial charge in [-0.15, -0.1) is 0 Å². The second-order valence-corrected chi connectivity index (χ2v) is 4.82. The Balaban J connectivity index is 2.09. The first kappa shape index (κ1) is 13.4. The third-order valence-corrected chi connectivity index (χ3v) is 3.17. The van der Waals surface area contributed by atoms with E-state index in [1.165, 1.54) is 0 Å². The molecule has 21 heavy (non-hydrogen) atoms. The Hall–Kier alpha value is -2.59. The van der Waals surface area contributed by atoms with Gasteiger partial charge in [0.2, 0.25) is 5.89 Å². The van der Waals surface area contributed by atoms with Crippen LogP contribution in [0.2, 0.25) is 0 Å². The van der Waals surface area contributed by atoms with E-state index < -0.39 is 5.63 Å². The van der Waals surface area contributed by atoms with Crippen molar-refractivity contribution >= 4 is 33.6 Å². The normalized spacial score (nSPS) is 11.8. The summed E-state index contributed by atoms with van der Waals surface area (Å²) in [5.74, 6) is 0.171. The summed E-state index contributed by atoms with van der Waals surface area (Å²) >= 11 is 6.15. The number of hydrogen-bond donors (Lipinski definition) is 1. The molecule has 3 rings (SSSR count). The van der Waals surface area contributed by atoms with Crippen molar-refractivity contribution in [1.82, 2.24) is 4.98 Å². The maximum atomic E-state index is 11.9. The van der Waals surface area contributed by atoms with Gasteiger partial charge in [-0.1, -0.05) is 35.9 Å². The first-order valence-electron chi connectivity index (χ1n) is 6.20. The van der Waals surface area contributed by atoms with Gasteiger partial charge in [-0.05, 0) is 35.9 Å². The number of rotatable bonds is 2. The average Bonchev–Trinajstić information content (AvgIpc) is 2.47. The zero-order valence-electron chi connectivity index (χ0n) is 10.8. The van der Waals surface area contributed by atoms with Gasteiger partial charge in [0.25, 0.3) is 0 Å². The van der Waals surface area contributed by atoms with E-state index in [0.717, 1.165) is 0 Å². The summed E-state index contributed by atoms with van der Waals surface area (Å²) < 4.78 is 5.13. The molecular formula is C16H10ClNO3. The lowest BCUT2D eigenvalue weighted by atomic mass is 10.2. The van der Waals surface area contributed by atoms with Gasteiger partial charge in [0.05, 0.1) is 10.9 Å². The van der Waals surface area contributed by atoms with Crippen LogP contribution in [0.3, 0.4) is 0 Å². The van der Waals surface area contributed by atoms with Gasteiger partial charge in [0.1, 0.15) is 10.8 Å². The van der Waals surface area contributed by atoms with Crippen LogP contribution in [-0.4, -0.2) is 10.1 Å². The molecule has 0 saturated heterocycles. The van der Waals surface area contributed by atoms with Gasteiger partial charge >= 0.3 is 5.63 Å². The molecular weight excluding hydrogens is 290 g/mol. The third-order valence-electron chi connectivity index (χ3n) is 2.90. The maximum absolute atomic E-state index is 11.9. The zero-order valence-corrected chi connectivity index (χ0v) is 11.5. The molecule has 1 heterocycles. The summed E-state index contributed by atoms with van der Waals surface area (Å²) in [6, 6.07) is 13.4. The molecule has 0 spiro atoms. The largest absolute Gasteiger partial charge is 0.508 e. The molecule has 0 bridgehead atoms. The number of fused-ring (bicyclic) bond motifs is 1. The van der Waals surface area contributed by atoms with Crippen LogP contribution in [0.25, 0.3) is 22.0 Å². The molecule has 5 heteroatoms. The maximum Gasteiger partial charge on any atom is 0.347 e. The van der Waals surface area contributed by atoms with Gasteiger partial charge in [-0.2, -0.15) is 0 Å². The third kappa shape index (κ3) is 2.80. The number of nitrogens with zero attached hydrogens (tertiary/aromatic N) is 1. The zero-order chi connectivity index (χ0) is 14.8. The standard InChI is InChI=1S/C16H10ClNO3/c17-13(9-10-4-3-5-11(19)8-10)15-18-14-7-2-1-6-12(14)16(20)21-15/h1-9,19H/b13-9-. The number of phenolic OH excluding ortho intramolecular Hbond substituents is 1. The van der Waals surface area contributed by atoms with Crippen LogP contribution in [0.1, 0.15) is 11.5 Å². The van der Waals surface area contributed by atoms with Crippen molar-refractivity contribution in [3.63, 3.8) is 0 Å². The van der Waals surface area contributed by atoms with Gasteiger partial charge in [-0.3, -0.25) is 0 Å². The van der Waals surface area contributed by atoms with Crippen LogP contribution in [0.15, 0.2) is 57.7 Å². The summed E-state index contributed by atoms with van der Waals surface area (Å²) in [6.45, 7) is 0. The molecule has 0 radical (unpaired) electrons. The molecule has 0 aliphatic carbocycles. The fraction of sp³-hybridized carbons (Fsp3) is 0. The highest BCUT2D eigenvalue weighted by Crippen LogP contribution is 2.22. The second-order valence-electron chi connectivity index (χ2n) is 4.41. The minimum atomic E-state index is -0.488. The number of phenols is 1. The van der Waals surface area contributed by atoms with E-state index in [9.17, 15) is 9.90 Å². The van der Waals surface area contributed by atoms with Crippen molar-refractivity contribution in [2.75, 3.05) is 0 Å². The molecule has 2 aromatic carbocycles. The highest BCUT2D eigenvalue weighted by molar-refractivity contribution is 6.50. The monoisotopic (exact) mass is 299 g/mol. The van der Waals surface area contributed by atoms with E-state index in [1.54, 1.807) is 54.6 Å². The van der Waals surface area contributed by atoms with Crippen LogP contribution >= 0.6 is 11.6 Å². The summed E-state index contributed by atoms with van der Waals surface area (Å²) in [5.41, 5.74) is 0.710. The molecule has 1 N–H and O–H groups in total. The van der Waals surface area contributed by atoms with E-state index in [0.29, 0.717) is 16.5 Å². The molecule has 0 fully saturated rings. The molecule has 1 aromatic heterocycles. The van der Waals surface area contributed by atoms with Crippen molar-refractivity contribution in [2.24, 2.45) is 0 Å². The van der Waals surface area contributed by atoms with Gasteiger partial charge in [0, 0.05) is 0 Å². The fourth-order valence-corrected chi connectivity index (χ4v) is 2.15. The Morgan fingerprint density at radius 1 is 1.19 bits per heavy atom. The summed E-state index contributed by atoms with van der Waals surface area (Å²) in [4.78, 5) is 16.1. The summed E-state index contributed by atoms with van der Waals surface area (Å²) in [6.07, 6.45) is 1.57. The molecule has 0 aliphatic rings. The topological polar surface area (TPSA) is 63.3 Å². The predicted octanol–water partition coefficient (Wildman–Crippen LogP) is 3.63. The van der Waals surface area contributed by atoms with E-state index in [-0.39, 0.29) is 16.7 Å². The molecule has 3 aromatic rings. The Labute approximate surface area is 124 Å². The van der Waals surface area contributed by atoms with Crippen LogP contribution in [0.4, 0.5) is 0 Å². The number of para-hydroxylation sites is 1. The highest BCUT2D eigenvalue weighted by atomic mass is 35.5. The first-order valence-corrected chi connectivity index (χ1v) is 6.58. The lowest BCUT2D eigenvalue weighted by molar-refractivity contribution is 0.475. The molecule has 104 valence electrons.